The molecule has 9 heteroatoms. The highest BCUT2D eigenvalue weighted by Gasteiger charge is 2.31. The first-order valence-corrected chi connectivity index (χ1v) is 9.38. The molecule has 2 N–H and O–H groups in total. The first-order chi connectivity index (χ1) is 14.4. The van der Waals surface area contributed by atoms with E-state index in [9.17, 15) is 14.0 Å². The van der Waals surface area contributed by atoms with Gasteiger partial charge in [0.15, 0.2) is 0 Å². The number of likely N-dealkylation sites (N-methyl/N-ethyl adjacent to an activating group) is 1. The number of hydrogen-bond donors (Lipinski definition) is 2. The summed E-state index contributed by atoms with van der Waals surface area (Å²) < 4.78 is 19.1. The van der Waals surface area contributed by atoms with E-state index >= 15 is 0 Å². The molecule has 0 saturated carbocycles. The third-order valence-electron chi connectivity index (χ3n) is 4.85. The highest BCUT2D eigenvalue weighted by molar-refractivity contribution is 6.02. The van der Waals surface area contributed by atoms with E-state index in [1.165, 1.54) is 30.1 Å². The van der Waals surface area contributed by atoms with Gasteiger partial charge in [0.1, 0.15) is 30.0 Å². The highest BCUT2D eigenvalue weighted by Crippen LogP contribution is 2.31. The SMILES string of the molecule is Cc1ccc(Cc2nc(C(=O)N[C@H]3COc4ccc(F)cc4N(C)C3=O)n[nH]2)cc1. The summed E-state index contributed by atoms with van der Waals surface area (Å²) in [6, 6.07) is 10.9. The predicted molar refractivity (Wildman–Crippen MR) is 107 cm³/mol. The van der Waals surface area contributed by atoms with Gasteiger partial charge in [-0.1, -0.05) is 29.8 Å². The molecule has 0 aliphatic carbocycles. The first kappa shape index (κ1) is 19.6. The van der Waals surface area contributed by atoms with Crippen LogP contribution in [0.5, 0.6) is 5.75 Å². The summed E-state index contributed by atoms with van der Waals surface area (Å²) in [7, 11) is 1.50. The Bertz CT molecular complexity index is 1100. The highest BCUT2D eigenvalue weighted by atomic mass is 19.1. The van der Waals surface area contributed by atoms with Gasteiger partial charge in [0.2, 0.25) is 5.82 Å². The number of rotatable bonds is 4. The maximum Gasteiger partial charge on any atom is 0.291 e. The summed E-state index contributed by atoms with van der Waals surface area (Å²) in [4.78, 5) is 30.8. The van der Waals surface area contributed by atoms with Crippen LogP contribution in [0.4, 0.5) is 10.1 Å². The Labute approximate surface area is 172 Å². The molecule has 2 aromatic carbocycles. The lowest BCUT2D eigenvalue weighted by atomic mass is 10.1. The first-order valence-electron chi connectivity index (χ1n) is 9.38. The number of halogens is 1. The van der Waals surface area contributed by atoms with Crippen LogP contribution in [0.3, 0.4) is 0 Å². The number of aryl methyl sites for hydroxylation is 1. The van der Waals surface area contributed by atoms with Gasteiger partial charge < -0.3 is 15.0 Å². The molecule has 1 aromatic heterocycles. The number of carbonyl (C=O) groups excluding carboxylic acids is 2. The quantitative estimate of drug-likeness (QED) is 0.687. The summed E-state index contributed by atoms with van der Waals surface area (Å²) in [6.45, 7) is 1.92. The molecule has 2 heterocycles. The third-order valence-corrected chi connectivity index (χ3v) is 4.85. The molecule has 4 rings (SSSR count). The maximum absolute atomic E-state index is 13.6. The van der Waals surface area contributed by atoms with Crippen LogP contribution in [0.2, 0.25) is 0 Å². The summed E-state index contributed by atoms with van der Waals surface area (Å²) >= 11 is 0. The number of H-pyrrole nitrogens is 1. The van der Waals surface area contributed by atoms with E-state index < -0.39 is 23.7 Å². The van der Waals surface area contributed by atoms with E-state index in [1.54, 1.807) is 0 Å². The fourth-order valence-electron chi connectivity index (χ4n) is 3.17. The molecule has 8 nitrogen and oxygen atoms in total. The minimum atomic E-state index is -0.961. The zero-order chi connectivity index (χ0) is 21.3. The van der Waals surface area contributed by atoms with Crippen LogP contribution < -0.4 is 15.0 Å². The summed E-state index contributed by atoms with van der Waals surface area (Å²) in [5.74, 6) is -0.687. The molecular formula is C21H20FN5O3. The number of hydrogen-bond acceptors (Lipinski definition) is 5. The Balaban J connectivity index is 1.44. The fraction of sp³-hybridized carbons (Fsp3) is 0.238. The lowest BCUT2D eigenvalue weighted by molar-refractivity contribution is -0.120. The molecule has 0 saturated heterocycles. The topological polar surface area (TPSA) is 100 Å². The molecule has 2 amide bonds. The number of aromatic nitrogens is 3. The molecule has 3 aromatic rings. The smallest absolute Gasteiger partial charge is 0.291 e. The molecule has 0 spiro atoms. The number of benzene rings is 2. The van der Waals surface area contributed by atoms with E-state index in [0.29, 0.717) is 23.7 Å². The average molecular weight is 409 g/mol. The van der Waals surface area contributed by atoms with E-state index in [1.807, 2.05) is 31.2 Å². The lowest BCUT2D eigenvalue weighted by Gasteiger charge is -2.19. The van der Waals surface area contributed by atoms with Crippen molar-refractivity contribution in [3.8, 4) is 5.75 Å². The Morgan fingerprint density at radius 3 is 2.83 bits per heavy atom. The Hall–Kier alpha value is -3.75. The van der Waals surface area contributed by atoms with Crippen molar-refractivity contribution >= 4 is 17.5 Å². The number of carbonyl (C=O) groups is 2. The average Bonchev–Trinajstić information content (AvgIpc) is 3.17. The summed E-state index contributed by atoms with van der Waals surface area (Å²) in [5, 5.41) is 9.30. The monoisotopic (exact) mass is 409 g/mol. The molecule has 0 bridgehead atoms. The molecule has 1 atom stereocenters. The molecule has 30 heavy (non-hydrogen) atoms. The standard InChI is InChI=1S/C21H20FN5O3/c1-12-3-5-13(6-4-12)9-18-24-19(26-25-18)20(28)23-15-11-30-17-8-7-14(22)10-16(17)27(2)21(15)29/h3-8,10,15H,9,11H2,1-2H3,(H,23,28)(H,24,25,26)/t15-/m0/s1. The normalized spacial score (nSPS) is 15.9. The molecule has 0 fully saturated rings. The fourth-order valence-corrected chi connectivity index (χ4v) is 3.17. The second-order valence-corrected chi connectivity index (χ2v) is 7.11. The number of ether oxygens (including phenoxy) is 1. The van der Waals surface area contributed by atoms with Crippen LogP contribution in [0.25, 0.3) is 0 Å². The lowest BCUT2D eigenvalue weighted by Crippen LogP contribution is -2.49. The van der Waals surface area contributed by atoms with Gasteiger partial charge in [0, 0.05) is 19.5 Å². The number of nitrogens with zero attached hydrogens (tertiary/aromatic N) is 3. The summed E-state index contributed by atoms with van der Waals surface area (Å²) in [5.41, 5.74) is 2.49. The minimum Gasteiger partial charge on any atom is -0.489 e. The van der Waals surface area contributed by atoms with Gasteiger partial charge in [-0.2, -0.15) is 0 Å². The molecular weight excluding hydrogens is 389 g/mol. The van der Waals surface area contributed by atoms with E-state index in [2.05, 4.69) is 20.5 Å². The van der Waals surface area contributed by atoms with Crippen molar-refractivity contribution in [2.75, 3.05) is 18.6 Å². The van der Waals surface area contributed by atoms with Crippen molar-refractivity contribution in [1.29, 1.82) is 0 Å². The van der Waals surface area contributed by atoms with Crippen LogP contribution in [-0.2, 0) is 11.2 Å². The molecule has 1 aliphatic heterocycles. The minimum absolute atomic E-state index is 0.0691. The molecule has 154 valence electrons. The number of anilines is 1. The van der Waals surface area contributed by atoms with Crippen molar-refractivity contribution in [3.05, 3.63) is 71.1 Å². The van der Waals surface area contributed by atoms with Gasteiger partial charge in [-0.25, -0.2) is 9.37 Å². The van der Waals surface area contributed by atoms with Gasteiger partial charge in [-0.05, 0) is 24.6 Å². The largest absolute Gasteiger partial charge is 0.489 e. The van der Waals surface area contributed by atoms with Gasteiger partial charge in [0.25, 0.3) is 11.8 Å². The van der Waals surface area contributed by atoms with Crippen molar-refractivity contribution in [1.82, 2.24) is 20.5 Å². The van der Waals surface area contributed by atoms with E-state index in [0.717, 1.165) is 11.1 Å². The van der Waals surface area contributed by atoms with Crippen LogP contribution in [-0.4, -0.2) is 46.7 Å². The molecule has 0 radical (unpaired) electrons. The van der Waals surface area contributed by atoms with Crippen LogP contribution in [0.1, 0.15) is 27.6 Å². The van der Waals surface area contributed by atoms with Gasteiger partial charge in [-0.3, -0.25) is 14.7 Å². The van der Waals surface area contributed by atoms with Gasteiger partial charge >= 0.3 is 0 Å². The Kier molecular flexibility index (Phi) is 5.18. The number of fused-ring (bicyclic) bond motifs is 1. The molecule has 0 unspecified atom stereocenters. The molecule has 1 aliphatic rings. The van der Waals surface area contributed by atoms with E-state index in [-0.39, 0.29) is 12.4 Å². The Morgan fingerprint density at radius 1 is 1.30 bits per heavy atom. The van der Waals surface area contributed by atoms with Crippen molar-refractivity contribution in [2.45, 2.75) is 19.4 Å². The van der Waals surface area contributed by atoms with Crippen LogP contribution in [0, 0.1) is 12.7 Å². The number of amides is 2. The van der Waals surface area contributed by atoms with Gasteiger partial charge in [-0.15, -0.1) is 5.10 Å². The van der Waals surface area contributed by atoms with Crippen LogP contribution in [0.15, 0.2) is 42.5 Å². The second-order valence-electron chi connectivity index (χ2n) is 7.11. The van der Waals surface area contributed by atoms with Crippen molar-refractivity contribution < 1.29 is 18.7 Å². The third kappa shape index (κ3) is 4.00. The number of nitrogens with one attached hydrogen (secondary N) is 2. The summed E-state index contributed by atoms with van der Waals surface area (Å²) in [6.07, 6.45) is 0.496. The number of aromatic amines is 1. The zero-order valence-electron chi connectivity index (χ0n) is 16.5. The van der Waals surface area contributed by atoms with Crippen molar-refractivity contribution in [3.63, 3.8) is 0 Å². The van der Waals surface area contributed by atoms with Gasteiger partial charge in [0.05, 0.1) is 5.69 Å². The Morgan fingerprint density at radius 2 is 2.07 bits per heavy atom. The zero-order valence-corrected chi connectivity index (χ0v) is 16.5. The second kappa shape index (κ2) is 7.94. The maximum atomic E-state index is 13.6. The van der Waals surface area contributed by atoms with Crippen LogP contribution >= 0.6 is 0 Å². The van der Waals surface area contributed by atoms with E-state index in [4.69, 9.17) is 4.74 Å². The predicted octanol–water partition coefficient (Wildman–Crippen LogP) is 2.00. The van der Waals surface area contributed by atoms with Crippen molar-refractivity contribution in [2.24, 2.45) is 0 Å².